The van der Waals surface area contributed by atoms with Crippen molar-refractivity contribution in [3.8, 4) is 0 Å². The van der Waals surface area contributed by atoms with E-state index >= 15 is 0 Å². The Labute approximate surface area is 139 Å². The third-order valence-electron chi connectivity index (χ3n) is 5.28. The fourth-order valence-corrected chi connectivity index (χ4v) is 4.02. The van der Waals surface area contributed by atoms with Crippen LogP contribution in [0, 0.1) is 5.92 Å². The van der Waals surface area contributed by atoms with Crippen LogP contribution in [0.25, 0.3) is 0 Å². The first-order chi connectivity index (χ1) is 11.0. The van der Waals surface area contributed by atoms with Crippen molar-refractivity contribution in [2.45, 2.75) is 38.8 Å². The third-order valence-corrected chi connectivity index (χ3v) is 5.28. The van der Waals surface area contributed by atoms with E-state index in [1.54, 1.807) is 6.26 Å². The molecule has 128 valence electrons. The third kappa shape index (κ3) is 3.31. The van der Waals surface area contributed by atoms with Crippen molar-refractivity contribution < 1.29 is 9.21 Å². The molecule has 0 saturated carbocycles. The van der Waals surface area contributed by atoms with Crippen LogP contribution in [0.15, 0.2) is 22.8 Å². The van der Waals surface area contributed by atoms with E-state index in [2.05, 4.69) is 23.6 Å². The zero-order valence-electron chi connectivity index (χ0n) is 14.6. The summed E-state index contributed by atoms with van der Waals surface area (Å²) in [6, 6.07) is 3.96. The van der Waals surface area contributed by atoms with Crippen molar-refractivity contribution >= 4 is 5.91 Å². The highest BCUT2D eigenvalue weighted by Gasteiger charge is 2.49. The summed E-state index contributed by atoms with van der Waals surface area (Å²) < 4.78 is 5.46. The molecular weight excluding hydrogens is 290 g/mol. The number of furan rings is 1. The number of carbonyl (C=O) groups is 1. The monoisotopic (exact) mass is 319 g/mol. The van der Waals surface area contributed by atoms with Gasteiger partial charge in [-0.1, -0.05) is 13.8 Å². The number of hydrogen-bond acceptors (Lipinski definition) is 4. The van der Waals surface area contributed by atoms with Crippen molar-refractivity contribution in [2.75, 3.05) is 39.8 Å². The van der Waals surface area contributed by atoms with E-state index in [1.165, 1.54) is 0 Å². The predicted molar refractivity (Wildman–Crippen MR) is 90.0 cm³/mol. The molecule has 1 aromatic rings. The standard InChI is InChI=1S/C18H29N3O2/c1-15(2)13-21-11-10-19(3)17(22)18(21)6-8-20(9-7-18)14-16-5-4-12-23-16/h4-5,12,15H,6-11,13-14H2,1-3H3. The molecule has 2 saturated heterocycles. The molecule has 3 rings (SSSR count). The van der Waals surface area contributed by atoms with Crippen molar-refractivity contribution in [1.29, 1.82) is 0 Å². The second-order valence-corrected chi connectivity index (χ2v) is 7.45. The number of amides is 1. The molecule has 0 aliphatic carbocycles. The quantitative estimate of drug-likeness (QED) is 0.851. The van der Waals surface area contributed by atoms with Gasteiger partial charge < -0.3 is 9.32 Å². The highest BCUT2D eigenvalue weighted by atomic mass is 16.3. The SMILES string of the molecule is CC(C)CN1CCN(C)C(=O)C12CCN(Cc1ccco1)CC2. The molecule has 0 N–H and O–H groups in total. The number of nitrogens with zero attached hydrogens (tertiary/aromatic N) is 3. The maximum absolute atomic E-state index is 13.0. The van der Waals surface area contributed by atoms with Crippen LogP contribution in [0.2, 0.25) is 0 Å². The van der Waals surface area contributed by atoms with Gasteiger partial charge in [0.15, 0.2) is 0 Å². The van der Waals surface area contributed by atoms with E-state index in [4.69, 9.17) is 4.42 Å². The highest BCUT2D eigenvalue weighted by molar-refractivity contribution is 5.87. The van der Waals surface area contributed by atoms with Crippen LogP contribution in [-0.4, -0.2) is 65.9 Å². The number of hydrogen-bond donors (Lipinski definition) is 0. The largest absolute Gasteiger partial charge is 0.468 e. The molecule has 1 amide bonds. The van der Waals surface area contributed by atoms with E-state index in [0.29, 0.717) is 11.8 Å². The van der Waals surface area contributed by atoms with Gasteiger partial charge in [-0.25, -0.2) is 0 Å². The van der Waals surface area contributed by atoms with E-state index in [-0.39, 0.29) is 5.54 Å². The lowest BCUT2D eigenvalue weighted by atomic mass is 9.82. The lowest BCUT2D eigenvalue weighted by Crippen LogP contribution is -2.68. The van der Waals surface area contributed by atoms with Gasteiger partial charge in [0.1, 0.15) is 11.3 Å². The first-order valence-corrected chi connectivity index (χ1v) is 8.76. The lowest BCUT2D eigenvalue weighted by molar-refractivity contribution is -0.155. The fraction of sp³-hybridized carbons (Fsp3) is 0.722. The topological polar surface area (TPSA) is 39.9 Å². The summed E-state index contributed by atoms with van der Waals surface area (Å²) in [6.45, 7) is 10.1. The molecule has 3 heterocycles. The first kappa shape index (κ1) is 16.5. The Balaban J connectivity index is 1.70. The molecule has 23 heavy (non-hydrogen) atoms. The summed E-state index contributed by atoms with van der Waals surface area (Å²) in [5.41, 5.74) is -0.281. The number of likely N-dealkylation sites (tertiary alicyclic amines) is 1. The fourth-order valence-electron chi connectivity index (χ4n) is 4.02. The number of carbonyl (C=O) groups excluding carboxylic acids is 1. The van der Waals surface area contributed by atoms with Gasteiger partial charge in [0.05, 0.1) is 12.8 Å². The maximum atomic E-state index is 13.0. The minimum absolute atomic E-state index is 0.281. The van der Waals surface area contributed by atoms with Gasteiger partial charge in [0.2, 0.25) is 5.91 Å². The molecule has 2 fully saturated rings. The van der Waals surface area contributed by atoms with Crippen LogP contribution in [0.5, 0.6) is 0 Å². The number of rotatable bonds is 4. The van der Waals surface area contributed by atoms with E-state index in [0.717, 1.165) is 57.9 Å². The van der Waals surface area contributed by atoms with Crippen LogP contribution in [0.4, 0.5) is 0 Å². The van der Waals surface area contributed by atoms with Gasteiger partial charge in [-0.2, -0.15) is 0 Å². The molecule has 0 bridgehead atoms. The smallest absolute Gasteiger partial charge is 0.242 e. The molecule has 0 aromatic carbocycles. The van der Waals surface area contributed by atoms with Crippen LogP contribution in [0.1, 0.15) is 32.4 Å². The van der Waals surface area contributed by atoms with Crippen LogP contribution < -0.4 is 0 Å². The molecule has 5 nitrogen and oxygen atoms in total. The van der Waals surface area contributed by atoms with Crippen molar-refractivity contribution in [3.63, 3.8) is 0 Å². The summed E-state index contributed by atoms with van der Waals surface area (Å²) in [5, 5.41) is 0. The van der Waals surface area contributed by atoms with Crippen LogP contribution >= 0.6 is 0 Å². The summed E-state index contributed by atoms with van der Waals surface area (Å²) >= 11 is 0. The van der Waals surface area contributed by atoms with Gasteiger partial charge in [0.25, 0.3) is 0 Å². The minimum Gasteiger partial charge on any atom is -0.468 e. The number of likely N-dealkylation sites (N-methyl/N-ethyl adjacent to an activating group) is 1. The Hall–Kier alpha value is -1.33. The Kier molecular flexibility index (Phi) is 4.78. The van der Waals surface area contributed by atoms with E-state index in [1.807, 2.05) is 24.1 Å². The summed E-state index contributed by atoms with van der Waals surface area (Å²) in [5.74, 6) is 1.92. The first-order valence-electron chi connectivity index (χ1n) is 8.76. The molecule has 0 atom stereocenters. The normalized spacial score (nSPS) is 23.1. The molecular formula is C18H29N3O2. The minimum atomic E-state index is -0.281. The average Bonchev–Trinajstić information content (AvgIpc) is 3.03. The van der Waals surface area contributed by atoms with Crippen molar-refractivity contribution in [3.05, 3.63) is 24.2 Å². The second kappa shape index (κ2) is 6.65. The zero-order chi connectivity index (χ0) is 16.4. The Bertz CT molecular complexity index is 518. The van der Waals surface area contributed by atoms with Gasteiger partial charge in [-0.05, 0) is 30.9 Å². The number of piperidine rings is 1. The summed E-state index contributed by atoms with van der Waals surface area (Å²) in [4.78, 5) is 19.8. The van der Waals surface area contributed by atoms with E-state index < -0.39 is 0 Å². The van der Waals surface area contributed by atoms with Crippen molar-refractivity contribution in [1.82, 2.24) is 14.7 Å². The molecule has 5 heteroatoms. The molecule has 2 aliphatic heterocycles. The van der Waals surface area contributed by atoms with Crippen LogP contribution in [-0.2, 0) is 11.3 Å². The Morgan fingerprint density at radius 3 is 2.57 bits per heavy atom. The molecule has 2 aliphatic rings. The highest BCUT2D eigenvalue weighted by Crippen LogP contribution is 2.34. The number of piperazine rings is 1. The second-order valence-electron chi connectivity index (χ2n) is 7.45. The lowest BCUT2D eigenvalue weighted by Gasteiger charge is -2.52. The van der Waals surface area contributed by atoms with Gasteiger partial charge in [-0.15, -0.1) is 0 Å². The summed E-state index contributed by atoms with van der Waals surface area (Å²) in [7, 11) is 1.95. The average molecular weight is 319 g/mol. The van der Waals surface area contributed by atoms with E-state index in [9.17, 15) is 4.79 Å². The van der Waals surface area contributed by atoms with Gasteiger partial charge in [0, 0.05) is 39.8 Å². The van der Waals surface area contributed by atoms with Crippen molar-refractivity contribution in [2.24, 2.45) is 5.92 Å². The molecule has 1 aromatic heterocycles. The Morgan fingerprint density at radius 2 is 1.96 bits per heavy atom. The van der Waals surface area contributed by atoms with Gasteiger partial charge in [-0.3, -0.25) is 14.6 Å². The van der Waals surface area contributed by atoms with Crippen LogP contribution in [0.3, 0.4) is 0 Å². The zero-order valence-corrected chi connectivity index (χ0v) is 14.6. The summed E-state index contributed by atoms with van der Waals surface area (Å²) in [6.07, 6.45) is 3.57. The molecule has 1 spiro atoms. The predicted octanol–water partition coefficient (Wildman–Crippen LogP) is 2.04. The van der Waals surface area contributed by atoms with Gasteiger partial charge >= 0.3 is 0 Å². The Morgan fingerprint density at radius 1 is 1.22 bits per heavy atom. The molecule has 0 unspecified atom stereocenters. The molecule has 0 radical (unpaired) electrons. The maximum Gasteiger partial charge on any atom is 0.242 e.